The fraction of sp³-hybridized carbons (Fsp3) is 0.444. The number of esters is 1. The molecule has 0 saturated carbocycles. The molecule has 0 unspecified atom stereocenters. The Bertz CT molecular complexity index is 715. The van der Waals surface area contributed by atoms with E-state index in [1.54, 1.807) is 27.7 Å². The summed E-state index contributed by atoms with van der Waals surface area (Å²) in [6.07, 6.45) is 1.52. The molecule has 0 aliphatic heterocycles. The lowest BCUT2D eigenvalue weighted by atomic mass is 10.1. The highest BCUT2D eigenvalue weighted by Crippen LogP contribution is 2.19. The summed E-state index contributed by atoms with van der Waals surface area (Å²) in [5, 5.41) is 3.62. The van der Waals surface area contributed by atoms with Gasteiger partial charge in [-0.15, -0.1) is 0 Å². The number of rotatable bonds is 5. The molecule has 2 aromatic rings. The van der Waals surface area contributed by atoms with Gasteiger partial charge in [-0.3, -0.25) is 0 Å². The Hall–Kier alpha value is -2.50. The van der Waals surface area contributed by atoms with Crippen molar-refractivity contribution in [3.63, 3.8) is 0 Å². The number of para-hydroxylation sites is 1. The van der Waals surface area contributed by atoms with Gasteiger partial charge in [0.15, 0.2) is 0 Å². The number of aromatic nitrogens is 1. The second-order valence-corrected chi connectivity index (χ2v) is 6.51. The highest BCUT2D eigenvalue weighted by atomic mass is 16.6. The molecule has 2 rings (SSSR count). The lowest BCUT2D eigenvalue weighted by Crippen LogP contribution is -2.45. The van der Waals surface area contributed by atoms with E-state index < -0.39 is 23.7 Å². The summed E-state index contributed by atoms with van der Waals surface area (Å²) >= 11 is 0. The molecule has 1 atom stereocenters. The summed E-state index contributed by atoms with van der Waals surface area (Å²) in [5.74, 6) is -0.478. The number of carbonyl (C=O) groups excluding carboxylic acids is 2. The fourth-order valence-electron chi connectivity index (χ4n) is 2.41. The van der Waals surface area contributed by atoms with E-state index in [1.165, 1.54) is 0 Å². The number of hydrogen-bond acceptors (Lipinski definition) is 4. The number of carbonyl (C=O) groups is 2. The van der Waals surface area contributed by atoms with Gasteiger partial charge in [0.05, 0.1) is 6.61 Å². The molecule has 0 spiro atoms. The molecule has 0 radical (unpaired) electrons. The molecule has 1 aromatic carbocycles. The molecule has 0 saturated heterocycles. The van der Waals surface area contributed by atoms with Crippen molar-refractivity contribution < 1.29 is 19.1 Å². The van der Waals surface area contributed by atoms with Crippen LogP contribution >= 0.6 is 0 Å². The van der Waals surface area contributed by atoms with Gasteiger partial charge in [0.1, 0.15) is 11.6 Å². The SMILES string of the molecule is CCOC(=O)[C@@H](Cc1c[nH]c2ccccc12)NC(=O)OC(C)(C)C. The average Bonchev–Trinajstić information content (AvgIpc) is 2.88. The standard InChI is InChI=1S/C18H24N2O4/c1-5-23-16(21)15(20-17(22)24-18(2,3)4)10-12-11-19-14-9-7-6-8-13(12)14/h6-9,11,15,19H,5,10H2,1-4H3,(H,20,22)/t15-/m1/s1. The largest absolute Gasteiger partial charge is 0.464 e. The number of ether oxygens (including phenoxy) is 2. The second kappa shape index (κ2) is 7.38. The number of amides is 1. The van der Waals surface area contributed by atoms with Crippen LogP contribution in [-0.2, 0) is 20.7 Å². The lowest BCUT2D eigenvalue weighted by molar-refractivity contribution is -0.145. The van der Waals surface area contributed by atoms with Gasteiger partial charge in [-0.25, -0.2) is 9.59 Å². The zero-order valence-corrected chi connectivity index (χ0v) is 14.5. The Kier molecular flexibility index (Phi) is 5.49. The highest BCUT2D eigenvalue weighted by Gasteiger charge is 2.26. The van der Waals surface area contributed by atoms with Crippen LogP contribution in [0.2, 0.25) is 0 Å². The van der Waals surface area contributed by atoms with E-state index in [9.17, 15) is 9.59 Å². The number of benzene rings is 1. The van der Waals surface area contributed by atoms with E-state index in [4.69, 9.17) is 9.47 Å². The number of aromatic amines is 1. The van der Waals surface area contributed by atoms with E-state index in [-0.39, 0.29) is 6.61 Å². The third-order valence-electron chi connectivity index (χ3n) is 3.36. The Morgan fingerprint density at radius 3 is 2.62 bits per heavy atom. The summed E-state index contributed by atoms with van der Waals surface area (Å²) < 4.78 is 10.3. The quantitative estimate of drug-likeness (QED) is 0.824. The van der Waals surface area contributed by atoms with E-state index in [2.05, 4.69) is 10.3 Å². The molecule has 0 aliphatic carbocycles. The van der Waals surface area contributed by atoms with Gasteiger partial charge in [-0.05, 0) is 39.3 Å². The van der Waals surface area contributed by atoms with Crippen molar-refractivity contribution in [3.8, 4) is 0 Å². The molecule has 0 bridgehead atoms. The Morgan fingerprint density at radius 2 is 1.96 bits per heavy atom. The molecular weight excluding hydrogens is 308 g/mol. The predicted octanol–water partition coefficient (Wildman–Crippen LogP) is 3.17. The first-order valence-corrected chi connectivity index (χ1v) is 8.01. The maximum Gasteiger partial charge on any atom is 0.408 e. The van der Waals surface area contributed by atoms with Crippen molar-refractivity contribution in [2.24, 2.45) is 0 Å². The van der Waals surface area contributed by atoms with Crippen molar-refractivity contribution >= 4 is 23.0 Å². The molecule has 1 heterocycles. The lowest BCUT2D eigenvalue weighted by Gasteiger charge is -2.22. The minimum Gasteiger partial charge on any atom is -0.464 e. The maximum atomic E-state index is 12.2. The van der Waals surface area contributed by atoms with Crippen LogP contribution in [-0.4, -0.2) is 35.3 Å². The van der Waals surface area contributed by atoms with Crippen LogP contribution < -0.4 is 5.32 Å². The van der Waals surface area contributed by atoms with Crippen LogP contribution in [0.1, 0.15) is 33.3 Å². The van der Waals surface area contributed by atoms with Crippen molar-refractivity contribution in [1.82, 2.24) is 10.3 Å². The van der Waals surface area contributed by atoms with Crippen LogP contribution in [0.4, 0.5) is 4.79 Å². The maximum absolute atomic E-state index is 12.2. The molecule has 2 N–H and O–H groups in total. The van der Waals surface area contributed by atoms with Crippen molar-refractivity contribution in [2.75, 3.05) is 6.61 Å². The van der Waals surface area contributed by atoms with Crippen LogP contribution in [0.3, 0.4) is 0 Å². The van der Waals surface area contributed by atoms with Crippen LogP contribution in [0.15, 0.2) is 30.5 Å². The Balaban J connectivity index is 2.17. The van der Waals surface area contributed by atoms with Crippen molar-refractivity contribution in [1.29, 1.82) is 0 Å². The molecule has 24 heavy (non-hydrogen) atoms. The molecule has 1 amide bonds. The van der Waals surface area contributed by atoms with Crippen molar-refractivity contribution in [2.45, 2.75) is 45.8 Å². The molecule has 6 heteroatoms. The summed E-state index contributed by atoms with van der Waals surface area (Å²) in [6, 6.07) is 6.99. The van der Waals surface area contributed by atoms with Gasteiger partial charge in [-0.2, -0.15) is 0 Å². The van der Waals surface area contributed by atoms with Crippen molar-refractivity contribution in [3.05, 3.63) is 36.0 Å². The zero-order valence-electron chi connectivity index (χ0n) is 14.5. The van der Waals surface area contributed by atoms with Crippen LogP contribution in [0, 0.1) is 0 Å². The number of fused-ring (bicyclic) bond motifs is 1. The summed E-state index contributed by atoms with van der Waals surface area (Å²) in [6.45, 7) is 7.29. The van der Waals surface area contributed by atoms with Crippen LogP contribution in [0.25, 0.3) is 10.9 Å². The Morgan fingerprint density at radius 1 is 1.25 bits per heavy atom. The molecule has 0 aliphatic rings. The number of alkyl carbamates (subject to hydrolysis) is 1. The second-order valence-electron chi connectivity index (χ2n) is 6.51. The monoisotopic (exact) mass is 332 g/mol. The topological polar surface area (TPSA) is 80.4 Å². The highest BCUT2D eigenvalue weighted by molar-refractivity contribution is 5.86. The van der Waals surface area contributed by atoms with Gasteiger partial charge in [0, 0.05) is 23.5 Å². The fourth-order valence-corrected chi connectivity index (χ4v) is 2.41. The van der Waals surface area contributed by atoms with E-state index in [1.807, 2.05) is 30.5 Å². The van der Waals surface area contributed by atoms with E-state index in [0.717, 1.165) is 16.5 Å². The summed E-state index contributed by atoms with van der Waals surface area (Å²) in [7, 11) is 0. The minimum absolute atomic E-state index is 0.249. The third kappa shape index (κ3) is 4.75. The number of hydrogen-bond donors (Lipinski definition) is 2. The molecule has 0 fully saturated rings. The number of nitrogens with one attached hydrogen (secondary N) is 2. The summed E-state index contributed by atoms with van der Waals surface area (Å²) in [4.78, 5) is 27.4. The Labute approximate surface area is 141 Å². The first-order chi connectivity index (χ1) is 11.3. The zero-order chi connectivity index (χ0) is 17.7. The number of H-pyrrole nitrogens is 1. The minimum atomic E-state index is -0.806. The van der Waals surface area contributed by atoms with Crippen LogP contribution in [0.5, 0.6) is 0 Å². The molecule has 1 aromatic heterocycles. The van der Waals surface area contributed by atoms with Gasteiger partial charge >= 0.3 is 12.1 Å². The summed E-state index contributed by atoms with van der Waals surface area (Å²) in [5.41, 5.74) is 1.27. The average molecular weight is 332 g/mol. The smallest absolute Gasteiger partial charge is 0.408 e. The van der Waals surface area contributed by atoms with Gasteiger partial charge in [0.25, 0.3) is 0 Å². The van der Waals surface area contributed by atoms with E-state index in [0.29, 0.717) is 6.42 Å². The molecule has 130 valence electrons. The van der Waals surface area contributed by atoms with Gasteiger partial charge in [0.2, 0.25) is 0 Å². The normalized spacial score (nSPS) is 12.7. The molecular formula is C18H24N2O4. The molecule has 6 nitrogen and oxygen atoms in total. The first kappa shape index (κ1) is 17.8. The third-order valence-corrected chi connectivity index (χ3v) is 3.36. The van der Waals surface area contributed by atoms with E-state index >= 15 is 0 Å². The predicted molar refractivity (Wildman–Crippen MR) is 91.8 cm³/mol. The van der Waals surface area contributed by atoms with Gasteiger partial charge in [-0.1, -0.05) is 18.2 Å². The first-order valence-electron chi connectivity index (χ1n) is 8.01. The van der Waals surface area contributed by atoms with Gasteiger partial charge < -0.3 is 19.8 Å².